The van der Waals surface area contributed by atoms with Crippen LogP contribution >= 0.6 is 0 Å². The quantitative estimate of drug-likeness (QED) is 0.0697. The molecule has 0 amide bonds. The number of carbonyl (C=O) groups excluding carboxylic acids is 7. The molecule has 5 heterocycles. The summed E-state index contributed by atoms with van der Waals surface area (Å²) in [7, 11) is 3.51. The Morgan fingerprint density at radius 3 is 1.18 bits per heavy atom. The lowest BCUT2D eigenvalue weighted by molar-refractivity contribution is -0.142. The largest absolute Gasteiger partial charge is 0.466 e. The van der Waals surface area contributed by atoms with Crippen LogP contribution in [0.2, 0.25) is 0 Å². The van der Waals surface area contributed by atoms with Crippen molar-refractivity contribution in [3.05, 3.63) is 173 Å². The molecule has 1 unspecified atom stereocenters. The lowest BCUT2D eigenvalue weighted by Gasteiger charge is -2.32. The Labute approximate surface area is 478 Å². The number of carbonyl (C=O) groups is 7. The second-order valence-electron chi connectivity index (χ2n) is 20.6. The minimum Gasteiger partial charge on any atom is -0.466 e. The van der Waals surface area contributed by atoms with Crippen molar-refractivity contribution >= 4 is 41.8 Å². The summed E-state index contributed by atoms with van der Waals surface area (Å²) >= 11 is 0. The summed E-state index contributed by atoms with van der Waals surface area (Å²) in [5, 5.41) is 8.27. The zero-order valence-electron chi connectivity index (χ0n) is 46.3. The molecule has 3 atom stereocenters. The van der Waals surface area contributed by atoms with Crippen LogP contribution in [0.4, 0.5) is 26.3 Å². The Bertz CT molecular complexity index is 3300. The zero-order valence-corrected chi connectivity index (χ0v) is 46.3. The highest BCUT2D eigenvalue weighted by atomic mass is 19.1. The van der Waals surface area contributed by atoms with Crippen LogP contribution in [0.1, 0.15) is 121 Å². The first-order valence-corrected chi connectivity index (χ1v) is 27.1. The topological polar surface area (TPSA) is 220 Å². The van der Waals surface area contributed by atoms with Crippen molar-refractivity contribution < 1.29 is 93.1 Å². The predicted octanol–water partition coefficient (Wildman–Crippen LogP) is 8.36. The normalized spacial score (nSPS) is 20.6. The van der Waals surface area contributed by atoms with Crippen LogP contribution in [0.25, 0.3) is 0 Å². The summed E-state index contributed by atoms with van der Waals surface area (Å²) < 4.78 is 120. The van der Waals surface area contributed by atoms with Crippen LogP contribution in [0.5, 0.6) is 0 Å². The van der Waals surface area contributed by atoms with Gasteiger partial charge in [0.05, 0.1) is 113 Å². The molecule has 3 aliphatic carbocycles. The standard InChI is InChI=1S/C23H25F2NO6.2C19H17F2NO4/c1-4-31-23(29)21-17(11-32-12(2)27)26-16(10-24)20(22(28)30-3)19(21)14-6-5-7-15(25)18(14)13-8-9-13;2*1-25-18(23)16-12(7-20)22-13-8-26-19(24)17(13)15(16)10-3-2-4-11(21)14(10)9-5-6-9/h5-7,13,19,26H,4,8-11H2,1-3H3;2*2-4,9,15,22H,5-8H2,1H3/t;2*15-/m.10/s1. The number of esters is 7. The van der Waals surface area contributed by atoms with Crippen LogP contribution in [0.3, 0.4) is 0 Å². The fourth-order valence-corrected chi connectivity index (χ4v) is 11.4. The van der Waals surface area contributed by atoms with Crippen molar-refractivity contribution in [2.24, 2.45) is 0 Å². The molecule has 23 heteroatoms. The molecular weight excluding hydrogens is 1110 g/mol. The summed E-state index contributed by atoms with van der Waals surface area (Å²) in [4.78, 5) is 86.8. The number of cyclic esters (lactones) is 2. The van der Waals surface area contributed by atoms with Gasteiger partial charge in [-0.15, -0.1) is 0 Å². The van der Waals surface area contributed by atoms with E-state index in [1.807, 2.05) is 0 Å². The van der Waals surface area contributed by atoms with Gasteiger partial charge in [0.25, 0.3) is 0 Å². The first kappa shape index (κ1) is 60.0. The van der Waals surface area contributed by atoms with Crippen molar-refractivity contribution in [2.75, 3.05) is 67.8 Å². The van der Waals surface area contributed by atoms with Crippen LogP contribution in [0, 0.1) is 17.5 Å². The number of nitrogens with one attached hydrogen (secondary N) is 3. The van der Waals surface area contributed by atoms with E-state index in [0.717, 1.165) is 45.6 Å². The average molecular weight is 1170 g/mol. The molecule has 0 bridgehead atoms. The number of alkyl halides is 3. The summed E-state index contributed by atoms with van der Waals surface area (Å²) in [6.45, 7) is -0.596. The van der Waals surface area contributed by atoms with Crippen molar-refractivity contribution in [3.8, 4) is 0 Å². The molecule has 3 saturated carbocycles. The number of ether oxygens (including phenoxy) is 7. The monoisotopic (exact) mass is 1170 g/mol. The van der Waals surface area contributed by atoms with Crippen molar-refractivity contribution in [2.45, 2.75) is 87.9 Å². The number of halogens is 6. The Morgan fingerprint density at radius 2 is 0.845 bits per heavy atom. The van der Waals surface area contributed by atoms with Crippen LogP contribution < -0.4 is 16.0 Å². The molecular formula is C61H59F6N3O14. The fourth-order valence-electron chi connectivity index (χ4n) is 11.4. The number of rotatable bonds is 16. The average Bonchev–Trinajstić information content (AvgIpc) is 3.47. The molecule has 3 N–H and O–H groups in total. The smallest absolute Gasteiger partial charge is 0.337 e. The molecule has 8 aliphatic rings. The van der Waals surface area contributed by atoms with Crippen molar-refractivity contribution in [3.63, 3.8) is 0 Å². The molecule has 0 aromatic heterocycles. The Kier molecular flexibility index (Phi) is 18.2. The first-order valence-electron chi connectivity index (χ1n) is 27.1. The number of methoxy groups -OCH3 is 3. The maximum Gasteiger partial charge on any atom is 0.337 e. The molecule has 17 nitrogen and oxygen atoms in total. The van der Waals surface area contributed by atoms with Gasteiger partial charge in [-0.25, -0.2) is 55.1 Å². The number of dihydropyridines is 3. The van der Waals surface area contributed by atoms with Gasteiger partial charge in [0.15, 0.2) is 0 Å². The predicted molar refractivity (Wildman–Crippen MR) is 284 cm³/mol. The molecule has 0 radical (unpaired) electrons. The van der Waals surface area contributed by atoms with Gasteiger partial charge < -0.3 is 49.1 Å². The van der Waals surface area contributed by atoms with Gasteiger partial charge in [-0.3, -0.25) is 4.79 Å². The summed E-state index contributed by atoms with van der Waals surface area (Å²) in [5.41, 5.74) is 3.62. The molecule has 0 saturated heterocycles. The van der Waals surface area contributed by atoms with E-state index in [9.17, 15) is 59.9 Å². The number of benzene rings is 3. The van der Waals surface area contributed by atoms with E-state index >= 15 is 0 Å². The Hall–Kier alpha value is -8.63. The van der Waals surface area contributed by atoms with Gasteiger partial charge in [-0.2, -0.15) is 0 Å². The maximum atomic E-state index is 14.9. The molecule has 3 fully saturated rings. The van der Waals surface area contributed by atoms with E-state index in [1.54, 1.807) is 25.1 Å². The second-order valence-corrected chi connectivity index (χ2v) is 20.6. The lowest BCUT2D eigenvalue weighted by Crippen LogP contribution is -2.36. The van der Waals surface area contributed by atoms with E-state index < -0.39 is 85.4 Å². The van der Waals surface area contributed by atoms with Crippen molar-refractivity contribution in [1.82, 2.24) is 16.0 Å². The van der Waals surface area contributed by atoms with Gasteiger partial charge in [0, 0.05) is 6.92 Å². The first-order chi connectivity index (χ1) is 40.5. The van der Waals surface area contributed by atoms with Gasteiger partial charge in [-0.05, 0) is 115 Å². The Morgan fingerprint density at radius 1 is 0.500 bits per heavy atom. The van der Waals surface area contributed by atoms with Crippen LogP contribution in [-0.2, 0) is 66.7 Å². The van der Waals surface area contributed by atoms with Crippen molar-refractivity contribution in [1.29, 1.82) is 0 Å². The third kappa shape index (κ3) is 11.8. The Balaban J connectivity index is 0.000000152. The molecule has 5 aliphatic heterocycles. The summed E-state index contributed by atoms with van der Waals surface area (Å²) in [6.07, 6.45) is 4.85. The second kappa shape index (κ2) is 25.5. The van der Waals surface area contributed by atoms with Gasteiger partial charge in [0.1, 0.15) is 57.3 Å². The highest BCUT2D eigenvalue weighted by Crippen LogP contribution is 2.53. The summed E-state index contributed by atoms with van der Waals surface area (Å²) in [6, 6.07) is 13.5. The third-order valence-electron chi connectivity index (χ3n) is 15.4. The van der Waals surface area contributed by atoms with E-state index in [4.69, 9.17) is 33.2 Å². The van der Waals surface area contributed by atoms with Crippen LogP contribution in [-0.4, -0.2) is 110 Å². The fraction of sp³-hybridized carbons (Fsp3) is 0.393. The number of hydrogen-bond donors (Lipinski definition) is 3. The van der Waals surface area contributed by atoms with Gasteiger partial charge in [-0.1, -0.05) is 36.4 Å². The number of hydrogen-bond acceptors (Lipinski definition) is 17. The van der Waals surface area contributed by atoms with E-state index in [1.165, 1.54) is 57.5 Å². The molecule has 84 heavy (non-hydrogen) atoms. The van der Waals surface area contributed by atoms with Gasteiger partial charge >= 0.3 is 41.8 Å². The maximum absolute atomic E-state index is 14.9. The minimum atomic E-state index is -1.16. The molecule has 3 aromatic carbocycles. The van der Waals surface area contributed by atoms with E-state index in [-0.39, 0.29) is 112 Å². The molecule has 444 valence electrons. The molecule has 3 aromatic rings. The third-order valence-corrected chi connectivity index (χ3v) is 15.4. The highest BCUT2D eigenvalue weighted by Gasteiger charge is 2.48. The molecule has 11 rings (SSSR count). The van der Waals surface area contributed by atoms with Gasteiger partial charge in [0.2, 0.25) is 0 Å². The summed E-state index contributed by atoms with van der Waals surface area (Å²) in [5.74, 6) is -9.21. The minimum absolute atomic E-state index is 0.0138. The zero-order chi connectivity index (χ0) is 60.3. The van der Waals surface area contributed by atoms with E-state index in [2.05, 4.69) is 16.0 Å². The number of allylic oxidation sites excluding steroid dienone is 3. The SMILES string of the molecule is CCOC(=O)C1=C(COC(C)=O)NC(CF)=C(C(=O)OC)C1c1cccc(F)c1C1CC1.COC(=O)C1=C(CF)NC2=C(C(=O)OC2)[C@@H]1c1cccc(F)c1C1CC1.COC(=O)C1=C(CF)NC2=C(C(=O)OC2)[C@H]1c1cccc(F)c1C1CC1. The molecule has 0 spiro atoms. The van der Waals surface area contributed by atoms with E-state index in [0.29, 0.717) is 44.8 Å². The van der Waals surface area contributed by atoms with Crippen LogP contribution in [0.15, 0.2) is 122 Å². The highest BCUT2D eigenvalue weighted by molar-refractivity contribution is 6.03. The lowest BCUT2D eigenvalue weighted by atomic mass is 9.77.